The molecular weight excluding hydrogens is 298 g/mol. The van der Waals surface area contributed by atoms with Gasteiger partial charge >= 0.3 is 0 Å². The van der Waals surface area contributed by atoms with Gasteiger partial charge in [-0.15, -0.1) is 12.4 Å². The second-order valence-corrected chi connectivity index (χ2v) is 8.50. The standard InChI is InChI=1S/C13H27N3O2S.ClH/c1-10(2)7-13(3,9-14)15-19(17,18)16-8-11-4-5-12(16)6-11;/h10-12,15H,4-9,14H2,1-3H3;1H. The molecule has 120 valence electrons. The monoisotopic (exact) mass is 325 g/mol. The van der Waals surface area contributed by atoms with E-state index in [0.717, 1.165) is 19.3 Å². The number of piperidine rings is 1. The first-order valence-electron chi connectivity index (χ1n) is 7.26. The number of nitrogens with zero attached hydrogens (tertiary/aromatic N) is 1. The Morgan fingerprint density at radius 2 is 2.05 bits per heavy atom. The summed E-state index contributed by atoms with van der Waals surface area (Å²) in [5.41, 5.74) is 5.24. The van der Waals surface area contributed by atoms with E-state index in [1.165, 1.54) is 6.42 Å². The van der Waals surface area contributed by atoms with Crippen molar-refractivity contribution < 1.29 is 8.42 Å². The van der Waals surface area contributed by atoms with Crippen molar-refractivity contribution in [2.45, 2.75) is 58.0 Å². The second-order valence-electron chi connectivity index (χ2n) is 6.87. The summed E-state index contributed by atoms with van der Waals surface area (Å²) in [6.07, 6.45) is 3.97. The fraction of sp³-hybridized carbons (Fsp3) is 1.00. The zero-order valence-electron chi connectivity index (χ0n) is 12.6. The number of nitrogens with two attached hydrogens (primary N) is 1. The Kier molecular flexibility index (Phi) is 5.89. The van der Waals surface area contributed by atoms with E-state index in [0.29, 0.717) is 24.9 Å². The lowest BCUT2D eigenvalue weighted by molar-refractivity contribution is 0.299. The van der Waals surface area contributed by atoms with Gasteiger partial charge in [-0.1, -0.05) is 13.8 Å². The van der Waals surface area contributed by atoms with Crippen LogP contribution >= 0.6 is 12.4 Å². The van der Waals surface area contributed by atoms with Gasteiger partial charge in [-0.25, -0.2) is 0 Å². The Labute approximate surface area is 129 Å². The van der Waals surface area contributed by atoms with E-state index in [4.69, 9.17) is 5.73 Å². The molecule has 1 aliphatic heterocycles. The Morgan fingerprint density at radius 1 is 1.40 bits per heavy atom. The highest BCUT2D eigenvalue weighted by atomic mass is 35.5. The van der Waals surface area contributed by atoms with Crippen molar-refractivity contribution in [1.29, 1.82) is 0 Å². The molecule has 7 heteroatoms. The molecule has 20 heavy (non-hydrogen) atoms. The molecule has 3 atom stereocenters. The number of halogens is 1. The third-order valence-electron chi connectivity index (χ3n) is 4.35. The molecule has 1 aliphatic carbocycles. The smallest absolute Gasteiger partial charge is 0.280 e. The minimum Gasteiger partial charge on any atom is -0.329 e. The molecule has 0 aromatic rings. The molecule has 2 aliphatic rings. The average molecular weight is 326 g/mol. The number of fused-ring (bicyclic) bond motifs is 2. The van der Waals surface area contributed by atoms with Crippen LogP contribution in [0.5, 0.6) is 0 Å². The van der Waals surface area contributed by atoms with Crippen molar-refractivity contribution in [3.63, 3.8) is 0 Å². The minimum absolute atomic E-state index is 0. The van der Waals surface area contributed by atoms with Crippen molar-refractivity contribution in [2.75, 3.05) is 13.1 Å². The van der Waals surface area contributed by atoms with Crippen LogP contribution in [0.1, 0.15) is 46.5 Å². The van der Waals surface area contributed by atoms with Gasteiger partial charge in [0.1, 0.15) is 0 Å². The molecule has 0 amide bonds. The van der Waals surface area contributed by atoms with Crippen molar-refractivity contribution >= 4 is 22.6 Å². The second kappa shape index (κ2) is 6.48. The van der Waals surface area contributed by atoms with Gasteiger partial charge in [0.2, 0.25) is 0 Å². The van der Waals surface area contributed by atoms with Gasteiger partial charge < -0.3 is 5.73 Å². The number of rotatable bonds is 6. The van der Waals surface area contributed by atoms with Crippen LogP contribution in [0.15, 0.2) is 0 Å². The molecule has 2 bridgehead atoms. The molecule has 0 aromatic heterocycles. The molecule has 2 fully saturated rings. The largest absolute Gasteiger partial charge is 0.329 e. The van der Waals surface area contributed by atoms with Crippen LogP contribution in [0, 0.1) is 11.8 Å². The van der Waals surface area contributed by atoms with Crippen molar-refractivity contribution in [3.8, 4) is 0 Å². The maximum absolute atomic E-state index is 12.5. The van der Waals surface area contributed by atoms with E-state index in [-0.39, 0.29) is 18.4 Å². The molecule has 0 aromatic carbocycles. The fourth-order valence-corrected chi connectivity index (χ4v) is 5.51. The third kappa shape index (κ3) is 3.85. The first-order chi connectivity index (χ1) is 8.76. The summed E-state index contributed by atoms with van der Waals surface area (Å²) in [6, 6.07) is 0.212. The van der Waals surface area contributed by atoms with Crippen molar-refractivity contribution in [1.82, 2.24) is 9.03 Å². The fourth-order valence-electron chi connectivity index (χ4n) is 3.61. The van der Waals surface area contributed by atoms with E-state index in [9.17, 15) is 8.42 Å². The lowest BCUT2D eigenvalue weighted by Crippen LogP contribution is -2.57. The van der Waals surface area contributed by atoms with Crippen molar-refractivity contribution in [3.05, 3.63) is 0 Å². The summed E-state index contributed by atoms with van der Waals surface area (Å²) in [4.78, 5) is 0. The van der Waals surface area contributed by atoms with E-state index >= 15 is 0 Å². The predicted molar refractivity (Wildman–Crippen MR) is 84.1 cm³/mol. The summed E-state index contributed by atoms with van der Waals surface area (Å²) < 4.78 is 29.6. The highest BCUT2D eigenvalue weighted by Gasteiger charge is 2.45. The maximum Gasteiger partial charge on any atom is 0.280 e. The molecule has 0 spiro atoms. The van der Waals surface area contributed by atoms with Crippen molar-refractivity contribution in [2.24, 2.45) is 17.6 Å². The molecule has 3 N–H and O–H groups in total. The van der Waals surface area contributed by atoms with Gasteiger partial charge in [0.05, 0.1) is 0 Å². The Bertz CT molecular complexity index is 429. The zero-order valence-corrected chi connectivity index (χ0v) is 14.3. The molecule has 5 nitrogen and oxygen atoms in total. The number of nitrogens with one attached hydrogen (secondary N) is 1. The average Bonchev–Trinajstić information content (AvgIpc) is 2.88. The van der Waals surface area contributed by atoms with Crippen LogP contribution in [0.25, 0.3) is 0 Å². The summed E-state index contributed by atoms with van der Waals surface area (Å²) >= 11 is 0. The van der Waals surface area contributed by atoms with Crippen LogP contribution in [-0.2, 0) is 10.2 Å². The van der Waals surface area contributed by atoms with Crippen LogP contribution in [-0.4, -0.2) is 37.4 Å². The summed E-state index contributed by atoms with van der Waals surface area (Å²) in [5, 5.41) is 0. The highest BCUT2D eigenvalue weighted by molar-refractivity contribution is 7.87. The van der Waals surface area contributed by atoms with E-state index in [2.05, 4.69) is 18.6 Å². The quantitative estimate of drug-likeness (QED) is 0.777. The first-order valence-corrected chi connectivity index (χ1v) is 8.70. The third-order valence-corrected chi connectivity index (χ3v) is 6.17. The number of hydrogen-bond donors (Lipinski definition) is 2. The van der Waals surface area contributed by atoms with E-state index < -0.39 is 15.7 Å². The Balaban J connectivity index is 0.00000200. The first kappa shape index (κ1) is 18.2. The van der Waals surface area contributed by atoms with E-state index in [1.807, 2.05) is 6.92 Å². The number of hydrogen-bond acceptors (Lipinski definition) is 3. The summed E-state index contributed by atoms with van der Waals surface area (Å²) in [6.45, 7) is 7.08. The molecule has 1 saturated carbocycles. The van der Waals surface area contributed by atoms with Crippen LogP contribution in [0.4, 0.5) is 0 Å². The molecule has 2 rings (SSSR count). The molecule has 0 radical (unpaired) electrons. The minimum atomic E-state index is -3.40. The van der Waals surface area contributed by atoms with Gasteiger partial charge in [-0.3, -0.25) is 0 Å². The molecule has 3 unspecified atom stereocenters. The molecular formula is C13H28ClN3O2S. The topological polar surface area (TPSA) is 75.4 Å². The zero-order chi connectivity index (χ0) is 14.3. The summed E-state index contributed by atoms with van der Waals surface area (Å²) in [5.74, 6) is 0.974. The lowest BCUT2D eigenvalue weighted by Gasteiger charge is -2.35. The lowest BCUT2D eigenvalue weighted by atomic mass is 9.92. The van der Waals surface area contributed by atoms with Crippen LogP contribution in [0.3, 0.4) is 0 Å². The van der Waals surface area contributed by atoms with Gasteiger partial charge in [0, 0.05) is 24.7 Å². The van der Waals surface area contributed by atoms with Crippen LogP contribution in [0.2, 0.25) is 0 Å². The Hall–Kier alpha value is 0.120. The van der Waals surface area contributed by atoms with Gasteiger partial charge in [-0.05, 0) is 44.4 Å². The van der Waals surface area contributed by atoms with Gasteiger partial charge in [0.15, 0.2) is 0 Å². The summed E-state index contributed by atoms with van der Waals surface area (Å²) in [7, 11) is -3.40. The Morgan fingerprint density at radius 3 is 2.45 bits per heavy atom. The SMILES string of the molecule is CC(C)CC(C)(CN)NS(=O)(=O)N1CC2CCC1C2.Cl. The normalized spacial score (nSPS) is 29.4. The predicted octanol–water partition coefficient (Wildman–Crippen LogP) is 1.49. The highest BCUT2D eigenvalue weighted by Crippen LogP contribution is 2.39. The maximum atomic E-state index is 12.5. The van der Waals surface area contributed by atoms with Gasteiger partial charge in [0.25, 0.3) is 10.2 Å². The van der Waals surface area contributed by atoms with Gasteiger partial charge in [-0.2, -0.15) is 17.4 Å². The van der Waals surface area contributed by atoms with E-state index in [1.54, 1.807) is 4.31 Å². The van der Waals surface area contributed by atoms with Crippen LogP contribution < -0.4 is 10.5 Å². The molecule has 1 heterocycles. The molecule has 1 saturated heterocycles.